The molecule has 0 saturated carbocycles. The van der Waals surface area contributed by atoms with Gasteiger partial charge in [-0.05, 0) is 0 Å². The molecule has 2 aromatic rings. The third-order valence-corrected chi connectivity index (χ3v) is 2.66. The third kappa shape index (κ3) is 2.24. The van der Waals surface area contributed by atoms with E-state index in [0.717, 1.165) is 11.8 Å². The SMILES string of the molecule is CC(C)(C)c1cc2nc(C(F)F)cc(Cl)n2n1. The Bertz CT molecular complexity index is 558. The van der Waals surface area contributed by atoms with Gasteiger partial charge in [0, 0.05) is 17.5 Å². The molecule has 0 aromatic carbocycles. The van der Waals surface area contributed by atoms with Gasteiger partial charge in [-0.3, -0.25) is 0 Å². The number of halogens is 3. The minimum atomic E-state index is -2.63. The van der Waals surface area contributed by atoms with E-state index < -0.39 is 6.43 Å². The van der Waals surface area contributed by atoms with Crippen molar-refractivity contribution in [1.29, 1.82) is 0 Å². The van der Waals surface area contributed by atoms with E-state index in [2.05, 4.69) is 10.1 Å². The zero-order chi connectivity index (χ0) is 12.8. The number of aromatic nitrogens is 3. The molecule has 0 atom stereocenters. The molecule has 0 radical (unpaired) electrons. The van der Waals surface area contributed by atoms with Crippen molar-refractivity contribution < 1.29 is 8.78 Å². The van der Waals surface area contributed by atoms with Gasteiger partial charge >= 0.3 is 0 Å². The van der Waals surface area contributed by atoms with Gasteiger partial charge in [-0.2, -0.15) is 5.10 Å². The molecule has 0 spiro atoms. The summed E-state index contributed by atoms with van der Waals surface area (Å²) in [6.07, 6.45) is -2.63. The zero-order valence-corrected chi connectivity index (χ0v) is 10.5. The van der Waals surface area contributed by atoms with Gasteiger partial charge < -0.3 is 0 Å². The first-order valence-corrected chi connectivity index (χ1v) is 5.51. The standard InChI is InChI=1S/C11H12ClF2N3/c1-11(2,3)7-5-9-15-6(10(13)14)4-8(12)17(9)16-7/h4-5,10H,1-3H3. The first-order valence-electron chi connectivity index (χ1n) is 5.14. The normalized spacial score (nSPS) is 12.6. The van der Waals surface area contributed by atoms with E-state index in [4.69, 9.17) is 11.6 Å². The molecule has 17 heavy (non-hydrogen) atoms. The van der Waals surface area contributed by atoms with Crippen molar-refractivity contribution in [2.75, 3.05) is 0 Å². The Morgan fingerprint density at radius 2 is 1.94 bits per heavy atom. The molecule has 2 heterocycles. The second-order valence-corrected chi connectivity index (χ2v) is 5.24. The molecular formula is C11H12ClF2N3. The van der Waals surface area contributed by atoms with Gasteiger partial charge in [0.05, 0.1) is 5.69 Å². The summed E-state index contributed by atoms with van der Waals surface area (Å²) < 4.78 is 26.5. The summed E-state index contributed by atoms with van der Waals surface area (Å²) in [5.74, 6) is 0. The summed E-state index contributed by atoms with van der Waals surface area (Å²) in [5, 5.41) is 4.40. The summed E-state index contributed by atoms with van der Waals surface area (Å²) in [4.78, 5) is 3.84. The predicted octanol–water partition coefficient (Wildman–Crippen LogP) is 3.62. The molecule has 0 saturated heterocycles. The van der Waals surface area contributed by atoms with Crippen molar-refractivity contribution in [1.82, 2.24) is 14.6 Å². The predicted molar refractivity (Wildman–Crippen MR) is 61.7 cm³/mol. The lowest BCUT2D eigenvalue weighted by molar-refractivity contribution is 0.146. The first-order chi connectivity index (χ1) is 7.79. The fraction of sp³-hybridized carbons (Fsp3) is 0.455. The molecule has 0 fully saturated rings. The lowest BCUT2D eigenvalue weighted by Gasteiger charge is -2.13. The summed E-state index contributed by atoms with van der Waals surface area (Å²) >= 11 is 5.90. The lowest BCUT2D eigenvalue weighted by atomic mass is 9.93. The molecule has 0 N–H and O–H groups in total. The largest absolute Gasteiger partial charge is 0.280 e. The van der Waals surface area contributed by atoms with Gasteiger partial charge in [-0.1, -0.05) is 32.4 Å². The molecule has 92 valence electrons. The summed E-state index contributed by atoms with van der Waals surface area (Å²) in [7, 11) is 0. The Morgan fingerprint density at radius 1 is 1.29 bits per heavy atom. The van der Waals surface area contributed by atoms with Crippen LogP contribution in [0.5, 0.6) is 0 Å². The van der Waals surface area contributed by atoms with Gasteiger partial charge in [0.25, 0.3) is 6.43 Å². The van der Waals surface area contributed by atoms with Gasteiger partial charge in [0.1, 0.15) is 10.8 Å². The van der Waals surface area contributed by atoms with Crippen molar-refractivity contribution in [3.8, 4) is 0 Å². The van der Waals surface area contributed by atoms with Crippen molar-refractivity contribution in [2.45, 2.75) is 32.6 Å². The molecule has 6 heteroatoms. The Balaban J connectivity index is 2.65. The van der Waals surface area contributed by atoms with Crippen LogP contribution < -0.4 is 0 Å². The highest BCUT2D eigenvalue weighted by atomic mass is 35.5. The van der Waals surface area contributed by atoms with Crippen molar-refractivity contribution in [3.05, 3.63) is 28.7 Å². The van der Waals surface area contributed by atoms with Crippen LogP contribution in [0.25, 0.3) is 5.65 Å². The second kappa shape index (κ2) is 3.91. The van der Waals surface area contributed by atoms with Crippen LogP contribution in [0.2, 0.25) is 5.15 Å². The zero-order valence-electron chi connectivity index (χ0n) is 9.71. The average Bonchev–Trinajstić information content (AvgIpc) is 2.60. The van der Waals surface area contributed by atoms with Crippen LogP contribution in [0, 0.1) is 0 Å². The first kappa shape index (κ1) is 12.2. The molecule has 2 aromatic heterocycles. The monoisotopic (exact) mass is 259 g/mol. The third-order valence-electron chi connectivity index (χ3n) is 2.40. The average molecular weight is 260 g/mol. The van der Waals surface area contributed by atoms with Gasteiger partial charge in [-0.15, -0.1) is 0 Å². The molecule has 0 amide bonds. The molecule has 2 rings (SSSR count). The van der Waals surface area contributed by atoms with Crippen LogP contribution in [0.3, 0.4) is 0 Å². The van der Waals surface area contributed by atoms with Gasteiger partial charge in [-0.25, -0.2) is 18.3 Å². The molecule has 0 unspecified atom stereocenters. The van der Waals surface area contributed by atoms with Crippen molar-refractivity contribution >= 4 is 17.2 Å². The minimum Gasteiger partial charge on any atom is -0.227 e. The molecule has 0 bridgehead atoms. The van der Waals surface area contributed by atoms with Crippen molar-refractivity contribution in [2.24, 2.45) is 0 Å². The quantitative estimate of drug-likeness (QED) is 0.732. The van der Waals surface area contributed by atoms with E-state index in [1.807, 2.05) is 20.8 Å². The van der Waals surface area contributed by atoms with Crippen LogP contribution in [0.4, 0.5) is 8.78 Å². The number of alkyl halides is 2. The second-order valence-electron chi connectivity index (χ2n) is 4.85. The fourth-order valence-corrected chi connectivity index (χ4v) is 1.67. The highest BCUT2D eigenvalue weighted by molar-refractivity contribution is 6.29. The smallest absolute Gasteiger partial charge is 0.227 e. The molecule has 0 aliphatic rings. The summed E-state index contributed by atoms with van der Waals surface area (Å²) in [6.45, 7) is 5.95. The van der Waals surface area contributed by atoms with E-state index in [1.54, 1.807) is 6.07 Å². The molecule has 0 aliphatic heterocycles. The Labute approximate surface area is 102 Å². The fourth-order valence-electron chi connectivity index (χ4n) is 1.43. The molecule has 3 nitrogen and oxygen atoms in total. The van der Waals surface area contributed by atoms with Crippen LogP contribution >= 0.6 is 11.6 Å². The summed E-state index contributed by atoms with van der Waals surface area (Å²) in [6, 6.07) is 2.82. The van der Waals surface area contributed by atoms with Crippen LogP contribution in [0.15, 0.2) is 12.1 Å². The molecule has 0 aliphatic carbocycles. The number of hydrogen-bond acceptors (Lipinski definition) is 2. The van der Waals surface area contributed by atoms with E-state index >= 15 is 0 Å². The maximum absolute atomic E-state index is 12.6. The summed E-state index contributed by atoms with van der Waals surface area (Å²) in [5.41, 5.74) is 0.598. The Hall–Kier alpha value is -1.23. The number of rotatable bonds is 1. The maximum Gasteiger partial charge on any atom is 0.280 e. The van der Waals surface area contributed by atoms with E-state index in [0.29, 0.717) is 5.65 Å². The highest BCUT2D eigenvalue weighted by Crippen LogP contribution is 2.25. The van der Waals surface area contributed by atoms with E-state index in [1.165, 1.54) is 4.52 Å². The highest BCUT2D eigenvalue weighted by Gasteiger charge is 2.20. The van der Waals surface area contributed by atoms with Crippen molar-refractivity contribution in [3.63, 3.8) is 0 Å². The lowest BCUT2D eigenvalue weighted by Crippen LogP contribution is -2.11. The minimum absolute atomic E-state index is 0.140. The van der Waals surface area contributed by atoms with E-state index in [-0.39, 0.29) is 16.3 Å². The van der Waals surface area contributed by atoms with Gasteiger partial charge in [0.15, 0.2) is 5.65 Å². The van der Waals surface area contributed by atoms with Crippen LogP contribution in [0.1, 0.15) is 38.6 Å². The van der Waals surface area contributed by atoms with E-state index in [9.17, 15) is 8.78 Å². The Morgan fingerprint density at radius 3 is 2.47 bits per heavy atom. The van der Waals surface area contributed by atoms with Crippen LogP contribution in [-0.4, -0.2) is 14.6 Å². The topological polar surface area (TPSA) is 30.2 Å². The molecular weight excluding hydrogens is 248 g/mol. The number of nitrogens with zero attached hydrogens (tertiary/aromatic N) is 3. The number of fused-ring (bicyclic) bond motifs is 1. The van der Waals surface area contributed by atoms with Gasteiger partial charge in [0.2, 0.25) is 0 Å². The maximum atomic E-state index is 12.6. The number of hydrogen-bond donors (Lipinski definition) is 0. The Kier molecular flexibility index (Phi) is 2.81. The van der Waals surface area contributed by atoms with Crippen LogP contribution in [-0.2, 0) is 5.41 Å².